The number of pyridine rings is 1. The van der Waals surface area contributed by atoms with Gasteiger partial charge in [-0.3, -0.25) is 24.5 Å². The van der Waals surface area contributed by atoms with E-state index in [9.17, 15) is 24.0 Å². The zero-order valence-electron chi connectivity index (χ0n) is 16.6. The third kappa shape index (κ3) is 5.66. The lowest BCUT2D eigenvalue weighted by molar-refractivity contribution is -0.139. The summed E-state index contributed by atoms with van der Waals surface area (Å²) in [5, 5.41) is 9.77. The number of likely N-dealkylation sites (N-methyl/N-ethyl adjacent to an activating group) is 1. The van der Waals surface area contributed by atoms with Gasteiger partial charge in [0.25, 0.3) is 11.8 Å². The topological polar surface area (TPSA) is 156 Å². The van der Waals surface area contributed by atoms with E-state index in [1.54, 1.807) is 0 Å². The maximum atomic E-state index is 12.8. The largest absolute Gasteiger partial charge is 0.453 e. The maximum absolute atomic E-state index is 12.8. The van der Waals surface area contributed by atoms with Gasteiger partial charge in [0.05, 0.1) is 23.7 Å². The van der Waals surface area contributed by atoms with Crippen LogP contribution in [0.2, 0.25) is 5.02 Å². The Morgan fingerprint density at radius 2 is 2.07 bits per heavy atom. The molecule has 0 spiro atoms. The van der Waals surface area contributed by atoms with Crippen molar-refractivity contribution in [3.8, 4) is 0 Å². The van der Waals surface area contributed by atoms with Crippen LogP contribution in [0.5, 0.6) is 0 Å². The standard InChI is InChI=1S/C18H22ClN5O6/c1-8-4-9(15(26)22-8)5-12(13(25)17(28)20-2)23-16(27)11-6-10(19)7-21-14(11)24-18(29)30-3/h6-9,12H,4-5H2,1-3H3,(H,20,28)(H,22,26)(H,23,27)(H,21,24,29)/t8-,9+,12+/m1/s1. The van der Waals surface area contributed by atoms with E-state index < -0.39 is 35.7 Å². The van der Waals surface area contributed by atoms with Crippen LogP contribution in [0.15, 0.2) is 12.3 Å². The first kappa shape index (κ1) is 23.1. The molecular formula is C18H22ClN5O6. The Balaban J connectivity index is 2.28. The van der Waals surface area contributed by atoms with E-state index in [1.165, 1.54) is 19.3 Å². The van der Waals surface area contributed by atoms with E-state index in [1.807, 2.05) is 6.92 Å². The van der Waals surface area contributed by atoms with E-state index >= 15 is 0 Å². The van der Waals surface area contributed by atoms with Gasteiger partial charge in [-0.15, -0.1) is 0 Å². The second kappa shape index (κ2) is 10.0. The Morgan fingerprint density at radius 1 is 1.37 bits per heavy atom. The molecule has 1 aromatic rings. The lowest BCUT2D eigenvalue weighted by Crippen LogP contribution is -2.48. The summed E-state index contributed by atoms with van der Waals surface area (Å²) in [7, 11) is 2.42. The van der Waals surface area contributed by atoms with Crippen molar-refractivity contribution in [3.63, 3.8) is 0 Å². The summed E-state index contributed by atoms with van der Waals surface area (Å²) in [6.45, 7) is 1.81. The highest BCUT2D eigenvalue weighted by molar-refractivity contribution is 6.38. The number of halogens is 1. The summed E-state index contributed by atoms with van der Waals surface area (Å²) in [4.78, 5) is 64.7. The first-order chi connectivity index (χ1) is 14.2. The number of carbonyl (C=O) groups excluding carboxylic acids is 5. The molecule has 1 saturated heterocycles. The van der Waals surface area contributed by atoms with E-state index in [2.05, 4.69) is 31.0 Å². The number of hydrogen-bond acceptors (Lipinski definition) is 7. The number of anilines is 1. The fraction of sp³-hybridized carbons (Fsp3) is 0.444. The van der Waals surface area contributed by atoms with Crippen molar-refractivity contribution in [2.24, 2.45) is 5.92 Å². The number of carbonyl (C=O) groups is 5. The molecule has 11 nitrogen and oxygen atoms in total. The Kier molecular flexibility index (Phi) is 7.70. The lowest BCUT2D eigenvalue weighted by atomic mass is 9.94. The Labute approximate surface area is 177 Å². The number of Topliss-reactive ketones (excluding diaryl/α,β-unsaturated/α-hetero) is 1. The van der Waals surface area contributed by atoms with Crippen LogP contribution in [0.25, 0.3) is 0 Å². The van der Waals surface area contributed by atoms with Gasteiger partial charge in [0.2, 0.25) is 11.7 Å². The quantitative estimate of drug-likeness (QED) is 0.443. The zero-order valence-corrected chi connectivity index (χ0v) is 17.3. The number of ether oxygens (including phenoxy) is 1. The van der Waals surface area contributed by atoms with Crippen LogP contribution < -0.4 is 21.3 Å². The first-order valence-corrected chi connectivity index (χ1v) is 9.41. The van der Waals surface area contributed by atoms with Gasteiger partial charge in [0.1, 0.15) is 5.82 Å². The van der Waals surface area contributed by atoms with Crippen LogP contribution in [0.3, 0.4) is 0 Å². The third-order valence-corrected chi connectivity index (χ3v) is 4.70. The molecule has 1 fully saturated rings. The zero-order chi connectivity index (χ0) is 22.4. The maximum Gasteiger partial charge on any atom is 0.412 e. The number of amides is 4. The van der Waals surface area contributed by atoms with Crippen molar-refractivity contribution >= 4 is 47.0 Å². The van der Waals surface area contributed by atoms with Crippen LogP contribution in [0.1, 0.15) is 30.1 Å². The number of ketones is 1. The van der Waals surface area contributed by atoms with Crippen molar-refractivity contribution < 1.29 is 28.7 Å². The molecule has 0 radical (unpaired) electrons. The van der Waals surface area contributed by atoms with E-state index in [0.29, 0.717) is 6.42 Å². The number of aromatic nitrogens is 1. The van der Waals surface area contributed by atoms with Crippen LogP contribution in [0.4, 0.5) is 10.6 Å². The fourth-order valence-electron chi connectivity index (χ4n) is 3.05. The molecule has 1 aromatic heterocycles. The Bertz CT molecular complexity index is 877. The van der Waals surface area contributed by atoms with Gasteiger partial charge in [0.15, 0.2) is 0 Å². The smallest absolute Gasteiger partial charge is 0.412 e. The minimum absolute atomic E-state index is 0.0675. The molecule has 4 amide bonds. The summed E-state index contributed by atoms with van der Waals surface area (Å²) in [6, 6.07) is -0.119. The minimum atomic E-state index is -1.27. The molecule has 1 aliphatic heterocycles. The van der Waals surface area contributed by atoms with Crippen molar-refractivity contribution in [2.45, 2.75) is 31.8 Å². The van der Waals surface area contributed by atoms with Gasteiger partial charge in [-0.2, -0.15) is 0 Å². The highest BCUT2D eigenvalue weighted by atomic mass is 35.5. The molecule has 2 rings (SSSR count). The SMILES string of the molecule is CNC(=O)C(=O)[C@H](C[C@@H]1C[C@@H](C)NC1=O)NC(=O)c1cc(Cl)cnc1NC(=O)OC. The summed E-state index contributed by atoms with van der Waals surface area (Å²) >= 11 is 5.91. The van der Waals surface area contributed by atoms with Gasteiger partial charge in [-0.25, -0.2) is 9.78 Å². The average Bonchev–Trinajstić information content (AvgIpc) is 3.03. The summed E-state index contributed by atoms with van der Waals surface area (Å²) < 4.78 is 4.49. The molecule has 3 atom stereocenters. The fourth-order valence-corrected chi connectivity index (χ4v) is 3.21. The van der Waals surface area contributed by atoms with Crippen molar-refractivity contribution in [1.29, 1.82) is 0 Å². The molecule has 0 saturated carbocycles. The molecule has 1 aliphatic rings. The summed E-state index contributed by atoms with van der Waals surface area (Å²) in [6.07, 6.45) is 0.733. The Morgan fingerprint density at radius 3 is 2.63 bits per heavy atom. The van der Waals surface area contributed by atoms with Crippen molar-refractivity contribution in [3.05, 3.63) is 22.8 Å². The van der Waals surface area contributed by atoms with Gasteiger partial charge >= 0.3 is 6.09 Å². The minimum Gasteiger partial charge on any atom is -0.453 e. The van der Waals surface area contributed by atoms with Crippen LogP contribution in [0, 0.1) is 5.92 Å². The Hall–Kier alpha value is -3.21. The van der Waals surface area contributed by atoms with Crippen LogP contribution in [-0.4, -0.2) is 60.8 Å². The summed E-state index contributed by atoms with van der Waals surface area (Å²) in [5.74, 6) is -3.60. The van der Waals surface area contributed by atoms with Gasteiger partial charge in [-0.05, 0) is 25.8 Å². The molecule has 0 aromatic carbocycles. The third-order valence-electron chi connectivity index (χ3n) is 4.50. The number of nitrogens with one attached hydrogen (secondary N) is 4. The van der Waals surface area contributed by atoms with Crippen molar-refractivity contribution in [2.75, 3.05) is 19.5 Å². The predicted octanol–water partition coefficient (Wildman–Crippen LogP) is 0.241. The molecule has 4 N–H and O–H groups in total. The van der Waals surface area contributed by atoms with Gasteiger partial charge in [-0.1, -0.05) is 11.6 Å². The number of methoxy groups -OCH3 is 1. The normalized spacial score (nSPS) is 18.7. The van der Waals surface area contributed by atoms with E-state index in [0.717, 1.165) is 7.11 Å². The molecule has 30 heavy (non-hydrogen) atoms. The molecule has 2 heterocycles. The van der Waals surface area contributed by atoms with Crippen LogP contribution >= 0.6 is 11.6 Å². The van der Waals surface area contributed by atoms with Crippen LogP contribution in [-0.2, 0) is 19.1 Å². The number of hydrogen-bond donors (Lipinski definition) is 4. The number of rotatable bonds is 7. The average molecular weight is 440 g/mol. The second-order valence-corrected chi connectivity index (χ2v) is 7.15. The van der Waals surface area contributed by atoms with E-state index in [4.69, 9.17) is 11.6 Å². The first-order valence-electron chi connectivity index (χ1n) is 9.03. The van der Waals surface area contributed by atoms with E-state index in [-0.39, 0.29) is 34.8 Å². The van der Waals surface area contributed by atoms with Gasteiger partial charge in [0, 0.05) is 25.2 Å². The molecular weight excluding hydrogens is 418 g/mol. The number of nitrogens with zero attached hydrogens (tertiary/aromatic N) is 1. The highest BCUT2D eigenvalue weighted by Gasteiger charge is 2.36. The molecule has 162 valence electrons. The van der Waals surface area contributed by atoms with Crippen molar-refractivity contribution in [1.82, 2.24) is 20.9 Å². The highest BCUT2D eigenvalue weighted by Crippen LogP contribution is 2.22. The molecule has 0 aliphatic carbocycles. The second-order valence-electron chi connectivity index (χ2n) is 6.71. The van der Waals surface area contributed by atoms with Gasteiger partial charge < -0.3 is 20.7 Å². The molecule has 0 bridgehead atoms. The lowest BCUT2D eigenvalue weighted by Gasteiger charge is -2.20. The monoisotopic (exact) mass is 439 g/mol. The summed E-state index contributed by atoms with van der Waals surface area (Å²) in [5.41, 5.74) is -0.146. The molecule has 12 heteroatoms. The predicted molar refractivity (Wildman–Crippen MR) is 106 cm³/mol. The molecule has 0 unspecified atom stereocenters.